The fourth-order valence-electron chi connectivity index (χ4n) is 2.56. The first-order chi connectivity index (χ1) is 9.74. The summed E-state index contributed by atoms with van der Waals surface area (Å²) in [5.41, 5.74) is 2.85. The lowest BCUT2D eigenvalue weighted by molar-refractivity contribution is 0.301. The zero-order valence-corrected chi connectivity index (χ0v) is 13.7. The van der Waals surface area contributed by atoms with Crippen molar-refractivity contribution in [2.24, 2.45) is 5.92 Å². The van der Waals surface area contributed by atoms with Crippen molar-refractivity contribution >= 4 is 11.8 Å². The Hall–Kier alpha value is -0.510. The highest BCUT2D eigenvalue weighted by atomic mass is 32.2. The molecule has 0 unspecified atom stereocenters. The van der Waals surface area contributed by atoms with Gasteiger partial charge in [-0.25, -0.2) is 0 Å². The molecule has 1 aliphatic heterocycles. The predicted molar refractivity (Wildman–Crippen MR) is 90.5 cm³/mol. The van der Waals surface area contributed by atoms with Crippen LogP contribution in [0.5, 0.6) is 0 Å². The van der Waals surface area contributed by atoms with Gasteiger partial charge in [0, 0.05) is 44.2 Å². The molecule has 0 saturated carbocycles. The molecular weight excluding hydrogens is 264 g/mol. The van der Waals surface area contributed by atoms with Crippen LogP contribution in [0, 0.1) is 5.92 Å². The van der Waals surface area contributed by atoms with Gasteiger partial charge < -0.3 is 10.2 Å². The van der Waals surface area contributed by atoms with Gasteiger partial charge in [0.25, 0.3) is 0 Å². The van der Waals surface area contributed by atoms with E-state index in [0.717, 1.165) is 19.0 Å². The zero-order valence-electron chi connectivity index (χ0n) is 12.9. The lowest BCUT2D eigenvalue weighted by Gasteiger charge is -2.26. The van der Waals surface area contributed by atoms with Crippen LogP contribution in [0.25, 0.3) is 0 Å². The van der Waals surface area contributed by atoms with Crippen LogP contribution >= 0.6 is 11.8 Å². The fraction of sp³-hybridized carbons (Fsp3) is 0.647. The van der Waals surface area contributed by atoms with E-state index in [4.69, 9.17) is 0 Å². The lowest BCUT2D eigenvalue weighted by Crippen LogP contribution is -2.37. The van der Waals surface area contributed by atoms with Crippen LogP contribution in [-0.4, -0.2) is 42.6 Å². The van der Waals surface area contributed by atoms with Crippen molar-refractivity contribution in [3.8, 4) is 0 Å². The Morgan fingerprint density at radius 2 is 1.75 bits per heavy atom. The minimum absolute atomic E-state index is 0.738. The average molecular weight is 292 g/mol. The van der Waals surface area contributed by atoms with E-state index in [1.807, 2.05) is 0 Å². The predicted octanol–water partition coefficient (Wildman–Crippen LogP) is 3.02. The van der Waals surface area contributed by atoms with Crippen LogP contribution in [-0.2, 0) is 13.0 Å². The Bertz CT molecular complexity index is 369. The molecule has 2 rings (SSSR count). The molecule has 1 fully saturated rings. The second-order valence-electron chi connectivity index (χ2n) is 6.05. The van der Waals surface area contributed by atoms with E-state index >= 15 is 0 Å². The second-order valence-corrected chi connectivity index (χ2v) is 7.27. The highest BCUT2D eigenvalue weighted by molar-refractivity contribution is 7.99. The van der Waals surface area contributed by atoms with Crippen LogP contribution in [0.1, 0.15) is 25.0 Å². The molecule has 0 aromatic heterocycles. The molecule has 1 saturated heterocycles. The molecule has 0 bridgehead atoms. The largest absolute Gasteiger partial charge is 0.311 e. The standard InChI is InChI=1S/C17H28N2S/c1-15(2)13-16-3-5-17(6-4-16)14-18-7-8-19-9-11-20-12-10-19/h3-6,15,18H,7-14H2,1-2H3. The van der Waals surface area contributed by atoms with Crippen LogP contribution < -0.4 is 5.32 Å². The Kier molecular flexibility index (Phi) is 6.91. The molecule has 0 aliphatic carbocycles. The van der Waals surface area contributed by atoms with Gasteiger partial charge in [0.05, 0.1) is 0 Å². The number of benzene rings is 1. The molecule has 1 aromatic carbocycles. The molecule has 1 N–H and O–H groups in total. The maximum absolute atomic E-state index is 3.56. The van der Waals surface area contributed by atoms with E-state index in [9.17, 15) is 0 Å². The van der Waals surface area contributed by atoms with Gasteiger partial charge in [-0.3, -0.25) is 0 Å². The van der Waals surface area contributed by atoms with Crippen molar-refractivity contribution in [2.75, 3.05) is 37.7 Å². The average Bonchev–Trinajstić information content (AvgIpc) is 2.46. The van der Waals surface area contributed by atoms with Gasteiger partial charge in [-0.2, -0.15) is 11.8 Å². The van der Waals surface area contributed by atoms with Crippen molar-refractivity contribution in [3.63, 3.8) is 0 Å². The first kappa shape index (κ1) is 15.9. The smallest absolute Gasteiger partial charge is 0.0206 e. The Labute approximate surface area is 128 Å². The normalized spacial score (nSPS) is 16.8. The van der Waals surface area contributed by atoms with Crippen LogP contribution in [0.4, 0.5) is 0 Å². The number of nitrogens with zero attached hydrogens (tertiary/aromatic N) is 1. The Morgan fingerprint density at radius 1 is 1.10 bits per heavy atom. The molecule has 0 atom stereocenters. The maximum atomic E-state index is 3.56. The van der Waals surface area contributed by atoms with Gasteiger partial charge in [0.2, 0.25) is 0 Å². The summed E-state index contributed by atoms with van der Waals surface area (Å²) in [6.45, 7) is 10.3. The first-order valence-corrected chi connectivity index (χ1v) is 8.98. The molecular formula is C17H28N2S. The minimum atomic E-state index is 0.738. The van der Waals surface area contributed by atoms with Crippen LogP contribution in [0.3, 0.4) is 0 Å². The summed E-state index contributed by atoms with van der Waals surface area (Å²) >= 11 is 2.08. The van der Waals surface area contributed by atoms with E-state index in [1.165, 1.54) is 48.7 Å². The molecule has 1 heterocycles. The number of hydrogen-bond donors (Lipinski definition) is 1. The lowest BCUT2D eigenvalue weighted by atomic mass is 10.0. The quantitative estimate of drug-likeness (QED) is 0.778. The molecule has 0 spiro atoms. The van der Waals surface area contributed by atoms with Gasteiger partial charge >= 0.3 is 0 Å². The molecule has 20 heavy (non-hydrogen) atoms. The second kappa shape index (κ2) is 8.71. The SMILES string of the molecule is CC(C)Cc1ccc(CNCCN2CCSCC2)cc1. The summed E-state index contributed by atoms with van der Waals surface area (Å²) < 4.78 is 0. The number of hydrogen-bond acceptors (Lipinski definition) is 3. The minimum Gasteiger partial charge on any atom is -0.311 e. The molecule has 112 valence electrons. The summed E-state index contributed by atoms with van der Waals surface area (Å²) in [6.07, 6.45) is 1.18. The van der Waals surface area contributed by atoms with Gasteiger partial charge in [0.1, 0.15) is 0 Å². The van der Waals surface area contributed by atoms with Gasteiger partial charge in [-0.05, 0) is 23.5 Å². The van der Waals surface area contributed by atoms with Gasteiger partial charge in [-0.1, -0.05) is 38.1 Å². The summed E-state index contributed by atoms with van der Waals surface area (Å²) in [6, 6.07) is 9.09. The van der Waals surface area contributed by atoms with Crippen molar-refractivity contribution in [3.05, 3.63) is 35.4 Å². The van der Waals surface area contributed by atoms with E-state index in [1.54, 1.807) is 0 Å². The topological polar surface area (TPSA) is 15.3 Å². The van der Waals surface area contributed by atoms with Crippen molar-refractivity contribution in [1.82, 2.24) is 10.2 Å². The molecule has 3 heteroatoms. The highest BCUT2D eigenvalue weighted by Gasteiger charge is 2.08. The molecule has 1 aromatic rings. The van der Waals surface area contributed by atoms with Gasteiger partial charge in [-0.15, -0.1) is 0 Å². The van der Waals surface area contributed by atoms with Crippen molar-refractivity contribution in [2.45, 2.75) is 26.8 Å². The zero-order chi connectivity index (χ0) is 14.2. The van der Waals surface area contributed by atoms with Crippen LogP contribution in [0.2, 0.25) is 0 Å². The molecule has 1 aliphatic rings. The highest BCUT2D eigenvalue weighted by Crippen LogP contribution is 2.10. The molecule has 0 amide bonds. The summed E-state index contributed by atoms with van der Waals surface area (Å²) in [5.74, 6) is 3.34. The van der Waals surface area contributed by atoms with Crippen LogP contribution in [0.15, 0.2) is 24.3 Å². The summed E-state index contributed by atoms with van der Waals surface area (Å²) in [7, 11) is 0. The molecule has 2 nitrogen and oxygen atoms in total. The Morgan fingerprint density at radius 3 is 2.40 bits per heavy atom. The van der Waals surface area contributed by atoms with E-state index in [-0.39, 0.29) is 0 Å². The summed E-state index contributed by atoms with van der Waals surface area (Å²) in [5, 5.41) is 3.56. The molecule has 0 radical (unpaired) electrons. The monoisotopic (exact) mass is 292 g/mol. The van der Waals surface area contributed by atoms with E-state index in [0.29, 0.717) is 0 Å². The number of rotatable bonds is 7. The van der Waals surface area contributed by atoms with E-state index in [2.05, 4.69) is 60.1 Å². The Balaban J connectivity index is 1.63. The maximum Gasteiger partial charge on any atom is 0.0206 e. The fourth-order valence-corrected chi connectivity index (χ4v) is 3.54. The third-order valence-corrected chi connectivity index (χ3v) is 4.65. The third kappa shape index (κ3) is 5.86. The summed E-state index contributed by atoms with van der Waals surface area (Å²) in [4.78, 5) is 2.56. The van der Waals surface area contributed by atoms with Gasteiger partial charge in [0.15, 0.2) is 0 Å². The van der Waals surface area contributed by atoms with Crippen molar-refractivity contribution in [1.29, 1.82) is 0 Å². The number of nitrogens with one attached hydrogen (secondary N) is 1. The first-order valence-electron chi connectivity index (χ1n) is 7.82. The van der Waals surface area contributed by atoms with E-state index < -0.39 is 0 Å². The number of thioether (sulfide) groups is 1. The van der Waals surface area contributed by atoms with Crippen molar-refractivity contribution < 1.29 is 0 Å². The third-order valence-electron chi connectivity index (χ3n) is 3.70.